The van der Waals surface area contributed by atoms with Crippen LogP contribution in [0.15, 0.2) is 53.3 Å². The van der Waals surface area contributed by atoms with Crippen LogP contribution in [0.3, 0.4) is 0 Å². The highest BCUT2D eigenvalue weighted by Crippen LogP contribution is 2.20. The maximum Gasteiger partial charge on any atom is 0.263 e. The van der Waals surface area contributed by atoms with E-state index >= 15 is 0 Å². The van der Waals surface area contributed by atoms with E-state index in [1.807, 2.05) is 40.8 Å². The molecule has 8 nitrogen and oxygen atoms in total. The van der Waals surface area contributed by atoms with E-state index in [2.05, 4.69) is 15.5 Å². The molecule has 0 aliphatic carbocycles. The number of benzene rings is 2. The summed E-state index contributed by atoms with van der Waals surface area (Å²) in [6.45, 7) is 1.56. The number of nitrogens with one attached hydrogen (secondary N) is 1. The number of aromatic nitrogens is 4. The van der Waals surface area contributed by atoms with E-state index in [9.17, 15) is 9.59 Å². The number of hydrogen-bond acceptors (Lipinski definition) is 5. The maximum atomic E-state index is 13.3. The molecule has 0 spiro atoms. The van der Waals surface area contributed by atoms with Crippen LogP contribution in [0.25, 0.3) is 16.7 Å². The average molecular weight is 466 g/mol. The van der Waals surface area contributed by atoms with Gasteiger partial charge in [-0.2, -0.15) is 0 Å². The van der Waals surface area contributed by atoms with Crippen molar-refractivity contribution in [3.05, 3.63) is 75.3 Å². The molecule has 2 aromatic carbocycles. The number of nitrogens with zero attached hydrogens (tertiary/aromatic N) is 4. The smallest absolute Gasteiger partial charge is 0.263 e. The first-order valence-electron chi connectivity index (χ1n) is 11.1. The van der Waals surface area contributed by atoms with Gasteiger partial charge in [-0.25, -0.2) is 0 Å². The molecule has 1 atom stereocenters. The molecule has 1 saturated heterocycles. The summed E-state index contributed by atoms with van der Waals surface area (Å²) in [6, 6.07) is 14.8. The summed E-state index contributed by atoms with van der Waals surface area (Å²) in [4.78, 5) is 25.7. The van der Waals surface area contributed by atoms with Crippen LogP contribution in [0.1, 0.15) is 30.7 Å². The number of aryl methyl sites for hydroxylation is 1. The number of amides is 1. The Hall–Kier alpha value is -3.23. The van der Waals surface area contributed by atoms with Crippen LogP contribution in [0.2, 0.25) is 5.02 Å². The number of halogens is 1. The molecule has 2 aromatic heterocycles. The minimum absolute atomic E-state index is 0.0593. The molecule has 33 heavy (non-hydrogen) atoms. The topological polar surface area (TPSA) is 90.5 Å². The first-order valence-corrected chi connectivity index (χ1v) is 11.5. The van der Waals surface area contributed by atoms with E-state index in [4.69, 9.17) is 16.3 Å². The van der Waals surface area contributed by atoms with Gasteiger partial charge < -0.3 is 10.1 Å². The summed E-state index contributed by atoms with van der Waals surface area (Å²) in [5, 5.41) is 12.7. The number of para-hydroxylation sites is 1. The van der Waals surface area contributed by atoms with Gasteiger partial charge in [0.15, 0.2) is 0 Å². The van der Waals surface area contributed by atoms with Crippen molar-refractivity contribution < 1.29 is 9.53 Å². The summed E-state index contributed by atoms with van der Waals surface area (Å²) in [6.07, 6.45) is 2.78. The minimum Gasteiger partial charge on any atom is -0.376 e. The molecule has 1 fully saturated rings. The van der Waals surface area contributed by atoms with Crippen molar-refractivity contribution in [2.75, 3.05) is 13.2 Å². The van der Waals surface area contributed by atoms with Gasteiger partial charge >= 0.3 is 0 Å². The van der Waals surface area contributed by atoms with Crippen LogP contribution in [-0.4, -0.2) is 44.3 Å². The highest BCUT2D eigenvalue weighted by atomic mass is 35.5. The van der Waals surface area contributed by atoms with Gasteiger partial charge in [0, 0.05) is 31.0 Å². The first-order chi connectivity index (χ1) is 16.1. The number of fused-ring (bicyclic) bond motifs is 3. The van der Waals surface area contributed by atoms with E-state index < -0.39 is 0 Å². The number of carbonyl (C=O) groups is 1. The summed E-state index contributed by atoms with van der Waals surface area (Å²) >= 11 is 6.35. The van der Waals surface area contributed by atoms with Gasteiger partial charge in [0.1, 0.15) is 5.82 Å². The van der Waals surface area contributed by atoms with Crippen molar-refractivity contribution in [3.63, 3.8) is 0 Å². The van der Waals surface area contributed by atoms with Crippen molar-refractivity contribution >= 4 is 34.2 Å². The van der Waals surface area contributed by atoms with E-state index in [-0.39, 0.29) is 30.5 Å². The van der Waals surface area contributed by atoms with Crippen molar-refractivity contribution in [2.45, 2.75) is 38.3 Å². The standard InChI is InChI=1S/C24H24ClN5O3/c25-19-9-3-1-6-16(19)15-29-23(32)18-8-2-4-10-20(18)30-21(27-28-24(29)30)11-12-22(31)26-14-17-7-5-13-33-17/h1-4,6,8-10,17H,5,7,11-15H2,(H,26,31). The van der Waals surface area contributed by atoms with Crippen molar-refractivity contribution in [1.82, 2.24) is 24.5 Å². The normalized spacial score (nSPS) is 16.0. The molecule has 170 valence electrons. The summed E-state index contributed by atoms with van der Waals surface area (Å²) < 4.78 is 9.00. The molecule has 0 radical (unpaired) electrons. The highest BCUT2D eigenvalue weighted by molar-refractivity contribution is 6.31. The summed E-state index contributed by atoms with van der Waals surface area (Å²) in [5.74, 6) is 0.991. The van der Waals surface area contributed by atoms with E-state index in [0.717, 1.165) is 25.0 Å². The van der Waals surface area contributed by atoms with E-state index in [0.29, 0.717) is 40.5 Å². The summed E-state index contributed by atoms with van der Waals surface area (Å²) in [5.41, 5.74) is 1.37. The SMILES string of the molecule is O=C(CCc1nnc2n(Cc3ccccc3Cl)c(=O)c3ccccc3n12)NCC1CCCO1. The monoisotopic (exact) mass is 465 g/mol. The largest absolute Gasteiger partial charge is 0.376 e. The Bertz CT molecular complexity index is 1370. The number of ether oxygens (including phenoxy) is 1. The van der Waals surface area contributed by atoms with Crippen LogP contribution in [0.5, 0.6) is 0 Å². The Labute approximate surface area is 195 Å². The zero-order valence-corrected chi connectivity index (χ0v) is 18.8. The molecule has 3 heterocycles. The van der Waals surface area contributed by atoms with Crippen molar-refractivity contribution in [2.24, 2.45) is 0 Å². The fraction of sp³-hybridized carbons (Fsp3) is 0.333. The predicted molar refractivity (Wildman–Crippen MR) is 126 cm³/mol. The summed E-state index contributed by atoms with van der Waals surface area (Å²) in [7, 11) is 0. The van der Waals surface area contributed by atoms with Crippen molar-refractivity contribution in [3.8, 4) is 0 Å². The molecule has 1 unspecified atom stereocenters. The van der Waals surface area contributed by atoms with Gasteiger partial charge in [-0.15, -0.1) is 10.2 Å². The minimum atomic E-state index is -0.161. The second-order valence-electron chi connectivity index (χ2n) is 8.19. The van der Waals surface area contributed by atoms with Gasteiger partial charge in [-0.1, -0.05) is 41.9 Å². The quantitative estimate of drug-likeness (QED) is 0.453. The fourth-order valence-electron chi connectivity index (χ4n) is 4.26. The Morgan fingerprint density at radius 3 is 2.79 bits per heavy atom. The zero-order valence-electron chi connectivity index (χ0n) is 18.0. The lowest BCUT2D eigenvalue weighted by atomic mass is 10.2. The van der Waals surface area contributed by atoms with E-state index in [1.54, 1.807) is 16.7 Å². The van der Waals surface area contributed by atoms with Crippen LogP contribution in [0, 0.1) is 0 Å². The van der Waals surface area contributed by atoms with Crippen LogP contribution < -0.4 is 10.9 Å². The third kappa shape index (κ3) is 4.36. The van der Waals surface area contributed by atoms with E-state index in [1.165, 1.54) is 0 Å². The van der Waals surface area contributed by atoms with Gasteiger partial charge in [0.05, 0.1) is 23.6 Å². The molecular weight excluding hydrogens is 442 g/mol. The Kier molecular flexibility index (Phi) is 6.11. The van der Waals surface area contributed by atoms with Gasteiger partial charge in [-0.3, -0.25) is 18.6 Å². The Morgan fingerprint density at radius 1 is 1.15 bits per heavy atom. The molecule has 4 aromatic rings. The molecule has 1 aliphatic heterocycles. The molecule has 1 N–H and O–H groups in total. The third-order valence-electron chi connectivity index (χ3n) is 5.99. The second-order valence-corrected chi connectivity index (χ2v) is 8.60. The predicted octanol–water partition coefficient (Wildman–Crippen LogP) is 2.97. The molecule has 5 rings (SSSR count). The molecule has 0 bridgehead atoms. The molecule has 0 saturated carbocycles. The molecule has 9 heteroatoms. The maximum absolute atomic E-state index is 13.3. The zero-order chi connectivity index (χ0) is 22.8. The number of carbonyl (C=O) groups excluding carboxylic acids is 1. The lowest BCUT2D eigenvalue weighted by molar-refractivity contribution is -0.121. The first kappa shape index (κ1) is 21.6. The van der Waals surface area contributed by atoms with Crippen molar-refractivity contribution in [1.29, 1.82) is 0 Å². The molecule has 1 aliphatic rings. The lowest BCUT2D eigenvalue weighted by Crippen LogP contribution is -2.32. The highest BCUT2D eigenvalue weighted by Gasteiger charge is 2.19. The average Bonchev–Trinajstić information content (AvgIpc) is 3.50. The third-order valence-corrected chi connectivity index (χ3v) is 6.36. The molecular formula is C24H24ClN5O3. The van der Waals surface area contributed by atoms with Gasteiger partial charge in [0.25, 0.3) is 5.56 Å². The van der Waals surface area contributed by atoms with Crippen LogP contribution >= 0.6 is 11.6 Å². The van der Waals surface area contributed by atoms with Crippen LogP contribution in [0.4, 0.5) is 0 Å². The Morgan fingerprint density at radius 2 is 1.97 bits per heavy atom. The Balaban J connectivity index is 1.47. The number of hydrogen-bond donors (Lipinski definition) is 1. The lowest BCUT2D eigenvalue weighted by Gasteiger charge is -2.13. The van der Waals surface area contributed by atoms with Gasteiger partial charge in [0.2, 0.25) is 11.7 Å². The van der Waals surface area contributed by atoms with Gasteiger partial charge in [-0.05, 0) is 36.6 Å². The fourth-order valence-corrected chi connectivity index (χ4v) is 4.46. The second kappa shape index (κ2) is 9.33. The molecule has 1 amide bonds. The number of rotatable bonds is 7. The van der Waals surface area contributed by atoms with Crippen LogP contribution in [-0.2, 0) is 22.5 Å².